The zero-order valence-electron chi connectivity index (χ0n) is 14.0. The minimum absolute atomic E-state index is 0.0757. The van der Waals surface area contributed by atoms with Crippen molar-refractivity contribution in [2.75, 3.05) is 47.6 Å². The molecule has 0 fully saturated rings. The summed E-state index contributed by atoms with van der Waals surface area (Å²) in [4.78, 5) is 12.0. The van der Waals surface area contributed by atoms with Crippen LogP contribution in [-0.2, 0) is 19.5 Å². The van der Waals surface area contributed by atoms with Gasteiger partial charge in [-0.25, -0.2) is 12.7 Å². The number of nitrogens with one attached hydrogen (secondary N) is 1. The topological polar surface area (TPSA) is 84.9 Å². The summed E-state index contributed by atoms with van der Waals surface area (Å²) in [6.45, 7) is 1.96. The molecule has 1 aromatic carbocycles. The van der Waals surface area contributed by atoms with Crippen LogP contribution in [0.25, 0.3) is 0 Å². The zero-order valence-corrected chi connectivity index (χ0v) is 15.6. The first kappa shape index (κ1) is 20.9. The zero-order chi connectivity index (χ0) is 18.2. The van der Waals surface area contributed by atoms with Gasteiger partial charge in [0, 0.05) is 39.9 Å². The van der Waals surface area contributed by atoms with Crippen LogP contribution in [0.15, 0.2) is 23.1 Å². The van der Waals surface area contributed by atoms with Gasteiger partial charge in [-0.15, -0.1) is 0 Å². The molecule has 0 radical (unpaired) electrons. The van der Waals surface area contributed by atoms with Crippen molar-refractivity contribution in [3.63, 3.8) is 0 Å². The molecule has 0 aliphatic rings. The van der Waals surface area contributed by atoms with Crippen molar-refractivity contribution in [3.8, 4) is 0 Å². The van der Waals surface area contributed by atoms with Crippen molar-refractivity contribution in [2.45, 2.75) is 11.3 Å². The molecule has 1 N–H and O–H groups in total. The molecular formula is C15H23ClN2O5S. The maximum absolute atomic E-state index is 12.2. The molecule has 0 atom stereocenters. The van der Waals surface area contributed by atoms with Crippen LogP contribution in [0.4, 0.5) is 0 Å². The molecule has 9 heteroatoms. The predicted molar refractivity (Wildman–Crippen MR) is 92.0 cm³/mol. The number of nitrogens with zero attached hydrogens (tertiary/aromatic N) is 1. The number of amides is 1. The molecule has 1 amide bonds. The summed E-state index contributed by atoms with van der Waals surface area (Å²) in [5.41, 5.74) is 0.236. The predicted octanol–water partition coefficient (Wildman–Crippen LogP) is 1.37. The second-order valence-corrected chi connectivity index (χ2v) is 7.67. The van der Waals surface area contributed by atoms with Crippen molar-refractivity contribution >= 4 is 27.5 Å². The van der Waals surface area contributed by atoms with E-state index in [9.17, 15) is 13.2 Å². The number of halogens is 1. The summed E-state index contributed by atoms with van der Waals surface area (Å²) in [5.74, 6) is -0.362. The molecule has 0 saturated heterocycles. The van der Waals surface area contributed by atoms with E-state index in [1.807, 2.05) is 0 Å². The highest BCUT2D eigenvalue weighted by molar-refractivity contribution is 7.89. The number of ether oxygens (including phenoxy) is 2. The lowest BCUT2D eigenvalue weighted by atomic mass is 10.2. The Balaban J connectivity index is 2.63. The molecule has 0 spiro atoms. The highest BCUT2D eigenvalue weighted by atomic mass is 35.5. The SMILES string of the molecule is COCCOCCCNC(=O)c1ccc(Cl)c(S(=O)(=O)N(C)C)c1. The van der Waals surface area contributed by atoms with Gasteiger partial charge >= 0.3 is 0 Å². The first-order valence-electron chi connectivity index (χ1n) is 7.37. The van der Waals surface area contributed by atoms with Gasteiger partial charge in [0.25, 0.3) is 5.91 Å². The summed E-state index contributed by atoms with van der Waals surface area (Å²) < 4.78 is 35.6. The fourth-order valence-electron chi connectivity index (χ4n) is 1.76. The van der Waals surface area contributed by atoms with E-state index in [0.717, 1.165) is 4.31 Å². The Morgan fingerprint density at radius 1 is 1.25 bits per heavy atom. The average Bonchev–Trinajstić information content (AvgIpc) is 2.53. The van der Waals surface area contributed by atoms with E-state index in [-0.39, 0.29) is 21.4 Å². The maximum Gasteiger partial charge on any atom is 0.251 e. The smallest absolute Gasteiger partial charge is 0.251 e. The van der Waals surface area contributed by atoms with E-state index in [4.69, 9.17) is 21.1 Å². The fourth-order valence-corrected chi connectivity index (χ4v) is 3.16. The number of hydrogen-bond acceptors (Lipinski definition) is 5. The Morgan fingerprint density at radius 2 is 1.96 bits per heavy atom. The number of methoxy groups -OCH3 is 1. The van der Waals surface area contributed by atoms with Crippen LogP contribution in [0.3, 0.4) is 0 Å². The van der Waals surface area contributed by atoms with Crippen LogP contribution in [0.2, 0.25) is 5.02 Å². The molecule has 1 aromatic rings. The van der Waals surface area contributed by atoms with Crippen molar-refractivity contribution in [2.24, 2.45) is 0 Å². The lowest BCUT2D eigenvalue weighted by molar-refractivity contribution is 0.0688. The summed E-state index contributed by atoms with van der Waals surface area (Å²) in [7, 11) is 0.695. The van der Waals surface area contributed by atoms with Crippen LogP contribution in [0.5, 0.6) is 0 Å². The monoisotopic (exact) mass is 378 g/mol. The molecule has 24 heavy (non-hydrogen) atoms. The van der Waals surface area contributed by atoms with Crippen LogP contribution in [0, 0.1) is 0 Å². The van der Waals surface area contributed by atoms with Crippen LogP contribution in [0.1, 0.15) is 16.8 Å². The molecule has 1 rings (SSSR count). The molecule has 0 heterocycles. The molecule has 0 aliphatic carbocycles. The maximum atomic E-state index is 12.2. The summed E-state index contributed by atoms with van der Waals surface area (Å²) in [6, 6.07) is 4.17. The standard InChI is InChI=1S/C15H23ClN2O5S/c1-18(2)24(20,21)14-11-12(5-6-13(14)16)15(19)17-7-4-8-23-10-9-22-3/h5-6,11H,4,7-10H2,1-3H3,(H,17,19). The van der Waals surface area contributed by atoms with Crippen molar-refractivity contribution in [1.29, 1.82) is 0 Å². The Labute approximate surface area is 147 Å². The first-order chi connectivity index (χ1) is 11.3. The second kappa shape index (κ2) is 9.95. The Morgan fingerprint density at radius 3 is 2.58 bits per heavy atom. The minimum atomic E-state index is -3.71. The van der Waals surface area contributed by atoms with Gasteiger partial charge in [-0.3, -0.25) is 4.79 Å². The Hall–Kier alpha value is -1.19. The van der Waals surface area contributed by atoms with E-state index < -0.39 is 10.0 Å². The van der Waals surface area contributed by atoms with E-state index in [2.05, 4.69) is 5.32 Å². The number of carbonyl (C=O) groups excluding carboxylic acids is 1. The third-order valence-electron chi connectivity index (χ3n) is 3.13. The Kier molecular flexibility index (Phi) is 8.65. The van der Waals surface area contributed by atoms with Gasteiger partial charge in [-0.1, -0.05) is 11.6 Å². The minimum Gasteiger partial charge on any atom is -0.382 e. The molecule has 0 unspecified atom stereocenters. The van der Waals surface area contributed by atoms with Crippen LogP contribution >= 0.6 is 11.6 Å². The van der Waals surface area contributed by atoms with Gasteiger partial charge in [0.1, 0.15) is 4.90 Å². The van der Waals surface area contributed by atoms with Crippen LogP contribution < -0.4 is 5.32 Å². The number of hydrogen-bond donors (Lipinski definition) is 1. The molecule has 136 valence electrons. The highest BCUT2D eigenvalue weighted by Crippen LogP contribution is 2.24. The number of sulfonamides is 1. The number of carbonyl (C=O) groups is 1. The first-order valence-corrected chi connectivity index (χ1v) is 9.19. The van der Waals surface area contributed by atoms with Gasteiger partial charge in [0.2, 0.25) is 10.0 Å². The van der Waals surface area contributed by atoms with E-state index in [1.54, 1.807) is 7.11 Å². The Bertz CT molecular complexity index is 649. The summed E-state index contributed by atoms with van der Waals surface area (Å²) >= 11 is 5.95. The van der Waals surface area contributed by atoms with Crippen LogP contribution in [-0.4, -0.2) is 66.2 Å². The quantitative estimate of drug-likeness (QED) is 0.621. The van der Waals surface area contributed by atoms with Gasteiger partial charge in [-0.2, -0.15) is 0 Å². The molecule has 0 saturated carbocycles. The lowest BCUT2D eigenvalue weighted by Gasteiger charge is -2.14. The highest BCUT2D eigenvalue weighted by Gasteiger charge is 2.22. The van der Waals surface area contributed by atoms with E-state index in [0.29, 0.717) is 32.8 Å². The van der Waals surface area contributed by atoms with E-state index >= 15 is 0 Å². The summed E-state index contributed by atoms with van der Waals surface area (Å²) in [6.07, 6.45) is 0.645. The van der Waals surface area contributed by atoms with E-state index in [1.165, 1.54) is 32.3 Å². The largest absolute Gasteiger partial charge is 0.382 e. The van der Waals surface area contributed by atoms with Crippen molar-refractivity contribution < 1.29 is 22.7 Å². The second-order valence-electron chi connectivity index (χ2n) is 5.15. The van der Waals surface area contributed by atoms with Crippen molar-refractivity contribution in [3.05, 3.63) is 28.8 Å². The van der Waals surface area contributed by atoms with Gasteiger partial charge in [0.05, 0.1) is 18.2 Å². The summed E-state index contributed by atoms with van der Waals surface area (Å²) in [5, 5.41) is 2.79. The molecule has 0 bridgehead atoms. The normalized spacial score (nSPS) is 11.7. The van der Waals surface area contributed by atoms with Gasteiger partial charge < -0.3 is 14.8 Å². The fraction of sp³-hybridized carbons (Fsp3) is 0.533. The average molecular weight is 379 g/mol. The third kappa shape index (κ3) is 6.03. The lowest BCUT2D eigenvalue weighted by Crippen LogP contribution is -2.26. The molecule has 7 nitrogen and oxygen atoms in total. The third-order valence-corrected chi connectivity index (χ3v) is 5.43. The molecule has 0 aliphatic heterocycles. The van der Waals surface area contributed by atoms with Gasteiger partial charge in [-0.05, 0) is 24.6 Å². The van der Waals surface area contributed by atoms with Crippen molar-refractivity contribution in [1.82, 2.24) is 9.62 Å². The molecular weight excluding hydrogens is 356 g/mol. The number of benzene rings is 1. The number of rotatable bonds is 10. The molecule has 0 aromatic heterocycles. The van der Waals surface area contributed by atoms with Gasteiger partial charge in [0.15, 0.2) is 0 Å².